The zero-order valence-corrected chi connectivity index (χ0v) is 14.3. The van der Waals surface area contributed by atoms with Crippen LogP contribution in [0.5, 0.6) is 0 Å². The predicted molar refractivity (Wildman–Crippen MR) is 83.9 cm³/mol. The quantitative estimate of drug-likeness (QED) is 0.885. The Morgan fingerprint density at radius 2 is 1.68 bits per heavy atom. The van der Waals surface area contributed by atoms with Crippen molar-refractivity contribution in [1.82, 2.24) is 10.3 Å². The fourth-order valence-corrected chi connectivity index (χ4v) is 2.04. The largest absolute Gasteiger partial charge is 0.393 e. The molecular formula is C17H27F3N2. The Bertz CT molecular complexity index is 482. The van der Waals surface area contributed by atoms with E-state index in [9.17, 15) is 13.2 Å². The van der Waals surface area contributed by atoms with Gasteiger partial charge in [0, 0.05) is 30.4 Å². The van der Waals surface area contributed by atoms with E-state index in [1.54, 1.807) is 12.3 Å². The SMILES string of the molecule is CC(C)(C)NC[C@@H](Cc1cc(C(C)(C)C)ccn1)C(F)(F)F. The number of hydrogen-bond donors (Lipinski definition) is 1. The van der Waals surface area contributed by atoms with Crippen molar-refractivity contribution in [2.45, 2.75) is 65.1 Å². The summed E-state index contributed by atoms with van der Waals surface area (Å²) in [5.74, 6) is -1.44. The van der Waals surface area contributed by atoms with E-state index >= 15 is 0 Å². The highest BCUT2D eigenvalue weighted by molar-refractivity contribution is 5.24. The summed E-state index contributed by atoms with van der Waals surface area (Å²) in [5.41, 5.74) is 1.05. The molecule has 0 unspecified atom stereocenters. The summed E-state index contributed by atoms with van der Waals surface area (Å²) < 4.78 is 39.7. The number of hydrogen-bond acceptors (Lipinski definition) is 2. The number of rotatable bonds is 4. The normalized spacial score (nSPS) is 15.0. The van der Waals surface area contributed by atoms with Gasteiger partial charge < -0.3 is 5.32 Å². The highest BCUT2D eigenvalue weighted by atomic mass is 19.4. The lowest BCUT2D eigenvalue weighted by atomic mass is 9.86. The molecule has 0 aliphatic heterocycles. The Hall–Kier alpha value is -1.10. The number of halogens is 3. The third kappa shape index (κ3) is 6.34. The van der Waals surface area contributed by atoms with Crippen LogP contribution in [0.1, 0.15) is 52.8 Å². The minimum absolute atomic E-state index is 0.101. The van der Waals surface area contributed by atoms with Crippen molar-refractivity contribution < 1.29 is 13.2 Å². The summed E-state index contributed by atoms with van der Waals surface area (Å²) in [6.45, 7) is 11.6. The number of pyridine rings is 1. The van der Waals surface area contributed by atoms with Crippen LogP contribution in [0, 0.1) is 5.92 Å². The van der Waals surface area contributed by atoms with Crippen molar-refractivity contribution in [3.63, 3.8) is 0 Å². The van der Waals surface area contributed by atoms with Crippen LogP contribution < -0.4 is 5.32 Å². The van der Waals surface area contributed by atoms with E-state index in [4.69, 9.17) is 0 Å². The zero-order chi connectivity index (χ0) is 17.2. The third-order valence-electron chi connectivity index (χ3n) is 3.48. The molecule has 5 heteroatoms. The molecule has 1 rings (SSSR count). The first-order chi connectivity index (χ1) is 9.79. The first-order valence-electron chi connectivity index (χ1n) is 7.56. The van der Waals surface area contributed by atoms with Gasteiger partial charge in [-0.3, -0.25) is 4.98 Å². The van der Waals surface area contributed by atoms with Gasteiger partial charge in [-0.25, -0.2) is 0 Å². The molecule has 1 atom stereocenters. The first-order valence-corrected chi connectivity index (χ1v) is 7.56. The van der Waals surface area contributed by atoms with Crippen LogP contribution in [0.4, 0.5) is 13.2 Å². The molecule has 0 aromatic carbocycles. The summed E-state index contributed by atoms with van der Waals surface area (Å²) >= 11 is 0. The topological polar surface area (TPSA) is 24.9 Å². The number of nitrogens with one attached hydrogen (secondary N) is 1. The van der Waals surface area contributed by atoms with Crippen LogP contribution >= 0.6 is 0 Å². The maximum atomic E-state index is 13.2. The van der Waals surface area contributed by atoms with Crippen molar-refractivity contribution in [3.05, 3.63) is 29.6 Å². The van der Waals surface area contributed by atoms with E-state index in [2.05, 4.69) is 10.3 Å². The molecule has 0 radical (unpaired) electrons. The number of aromatic nitrogens is 1. The van der Waals surface area contributed by atoms with Crippen LogP contribution in [-0.4, -0.2) is 23.2 Å². The van der Waals surface area contributed by atoms with Gasteiger partial charge in [0.25, 0.3) is 0 Å². The molecule has 22 heavy (non-hydrogen) atoms. The van der Waals surface area contributed by atoms with Crippen molar-refractivity contribution >= 4 is 0 Å². The maximum Gasteiger partial charge on any atom is 0.393 e. The summed E-state index contributed by atoms with van der Waals surface area (Å²) in [7, 11) is 0. The van der Waals surface area contributed by atoms with E-state index in [1.807, 2.05) is 47.6 Å². The number of nitrogens with zero attached hydrogens (tertiary/aromatic N) is 1. The van der Waals surface area contributed by atoms with E-state index in [-0.39, 0.29) is 23.9 Å². The van der Waals surface area contributed by atoms with Crippen LogP contribution in [0.3, 0.4) is 0 Å². The van der Waals surface area contributed by atoms with E-state index < -0.39 is 12.1 Å². The minimum atomic E-state index is -4.24. The van der Waals surface area contributed by atoms with Crippen LogP contribution in [0.15, 0.2) is 18.3 Å². The Morgan fingerprint density at radius 1 is 1.09 bits per heavy atom. The molecule has 2 nitrogen and oxygen atoms in total. The van der Waals surface area contributed by atoms with Gasteiger partial charge in [-0.2, -0.15) is 13.2 Å². The molecule has 0 aliphatic rings. The van der Waals surface area contributed by atoms with Gasteiger partial charge in [-0.05, 0) is 43.9 Å². The molecule has 0 saturated heterocycles. The summed E-state index contributed by atoms with van der Waals surface area (Å²) in [6.07, 6.45) is -2.74. The maximum absolute atomic E-state index is 13.2. The average molecular weight is 316 g/mol. The van der Waals surface area contributed by atoms with Gasteiger partial charge in [0.2, 0.25) is 0 Å². The monoisotopic (exact) mass is 316 g/mol. The van der Waals surface area contributed by atoms with E-state index in [1.165, 1.54) is 0 Å². The van der Waals surface area contributed by atoms with Gasteiger partial charge >= 0.3 is 6.18 Å². The lowest BCUT2D eigenvalue weighted by Crippen LogP contribution is -2.43. The van der Waals surface area contributed by atoms with Crippen molar-refractivity contribution in [2.24, 2.45) is 5.92 Å². The van der Waals surface area contributed by atoms with Gasteiger partial charge in [0.1, 0.15) is 0 Å². The molecule has 0 amide bonds. The predicted octanol–water partition coefficient (Wildman–Crippen LogP) is 4.49. The Balaban J connectivity index is 2.91. The molecule has 0 spiro atoms. The highest BCUT2D eigenvalue weighted by Gasteiger charge is 2.40. The molecule has 1 N–H and O–H groups in total. The summed E-state index contributed by atoms with van der Waals surface area (Å²) in [6, 6.07) is 3.65. The lowest BCUT2D eigenvalue weighted by Gasteiger charge is -2.27. The fraction of sp³-hybridized carbons (Fsp3) is 0.706. The molecule has 0 saturated carbocycles. The molecule has 0 fully saturated rings. The molecule has 0 aliphatic carbocycles. The molecule has 0 bridgehead atoms. The molecule has 1 heterocycles. The summed E-state index contributed by atoms with van der Waals surface area (Å²) in [4.78, 5) is 4.12. The second-order valence-electron chi connectivity index (χ2n) is 7.86. The third-order valence-corrected chi connectivity index (χ3v) is 3.48. The smallest absolute Gasteiger partial charge is 0.311 e. The Kier molecular flexibility index (Phi) is 5.66. The Labute approximate surface area is 131 Å². The van der Waals surface area contributed by atoms with Gasteiger partial charge in [-0.15, -0.1) is 0 Å². The molecule has 126 valence electrons. The first kappa shape index (κ1) is 18.9. The van der Waals surface area contributed by atoms with Crippen LogP contribution in [0.25, 0.3) is 0 Å². The van der Waals surface area contributed by atoms with E-state index in [0.29, 0.717) is 5.69 Å². The average Bonchev–Trinajstić information content (AvgIpc) is 2.31. The Morgan fingerprint density at radius 3 is 2.14 bits per heavy atom. The van der Waals surface area contributed by atoms with Gasteiger partial charge in [0.15, 0.2) is 0 Å². The van der Waals surface area contributed by atoms with Crippen molar-refractivity contribution in [2.75, 3.05) is 6.54 Å². The standard InChI is InChI=1S/C17H27F3N2/c1-15(2,3)12-7-8-21-14(9-12)10-13(17(18,19)20)11-22-16(4,5)6/h7-9,13,22H,10-11H2,1-6H3/t13-/m1/s1. The van der Waals surface area contributed by atoms with Crippen molar-refractivity contribution in [1.29, 1.82) is 0 Å². The lowest BCUT2D eigenvalue weighted by molar-refractivity contribution is -0.173. The second kappa shape index (κ2) is 6.57. The zero-order valence-electron chi connectivity index (χ0n) is 14.3. The van der Waals surface area contributed by atoms with E-state index in [0.717, 1.165) is 5.56 Å². The molecular weight excluding hydrogens is 289 g/mol. The number of alkyl halides is 3. The molecule has 1 aromatic heterocycles. The van der Waals surface area contributed by atoms with Gasteiger partial charge in [0.05, 0.1) is 5.92 Å². The highest BCUT2D eigenvalue weighted by Crippen LogP contribution is 2.30. The van der Waals surface area contributed by atoms with Gasteiger partial charge in [-0.1, -0.05) is 20.8 Å². The second-order valence-corrected chi connectivity index (χ2v) is 7.86. The van der Waals surface area contributed by atoms with Crippen LogP contribution in [0.2, 0.25) is 0 Å². The molecule has 1 aromatic rings. The summed E-state index contributed by atoms with van der Waals surface area (Å²) in [5, 5.41) is 2.95. The minimum Gasteiger partial charge on any atom is -0.311 e. The van der Waals surface area contributed by atoms with Crippen LogP contribution in [-0.2, 0) is 11.8 Å². The fourth-order valence-electron chi connectivity index (χ4n) is 2.04. The van der Waals surface area contributed by atoms with Crippen molar-refractivity contribution in [3.8, 4) is 0 Å².